The number of nitrogens with zero attached hydrogens (tertiary/aromatic N) is 5. The van der Waals surface area contributed by atoms with Gasteiger partial charge in [-0.15, -0.1) is 4.59 Å². The molecule has 0 radical (unpaired) electrons. The summed E-state index contributed by atoms with van der Waals surface area (Å²) in [5.41, 5.74) is 2.47. The van der Waals surface area contributed by atoms with E-state index in [4.69, 9.17) is 20.3 Å². The second kappa shape index (κ2) is 10.1. The average Bonchev–Trinajstić information content (AvgIpc) is 3.29. The highest BCUT2D eigenvalue weighted by atomic mass is 16.5. The zero-order valence-corrected chi connectivity index (χ0v) is 22.5. The number of hydrogen-bond donors (Lipinski definition) is 2. The quantitative estimate of drug-likeness (QED) is 0.426. The number of pyridine rings is 1. The third-order valence-corrected chi connectivity index (χ3v) is 7.89. The van der Waals surface area contributed by atoms with E-state index in [1.54, 1.807) is 56.2 Å². The Morgan fingerprint density at radius 3 is 2.67 bits per heavy atom. The first kappa shape index (κ1) is 26.1. The molecule has 2 fully saturated rings. The van der Waals surface area contributed by atoms with Crippen molar-refractivity contribution in [2.24, 2.45) is 27.2 Å². The van der Waals surface area contributed by atoms with Crippen LogP contribution in [0.4, 0.5) is 5.82 Å². The summed E-state index contributed by atoms with van der Waals surface area (Å²) >= 11 is 0. The van der Waals surface area contributed by atoms with Crippen LogP contribution in [0.2, 0.25) is 0 Å². The van der Waals surface area contributed by atoms with Gasteiger partial charge in [-0.3, -0.25) is 14.6 Å². The highest BCUT2D eigenvalue weighted by Gasteiger charge is 2.48. The highest BCUT2D eigenvalue weighted by Crippen LogP contribution is 2.39. The molecule has 206 valence electrons. The number of benzene rings is 1. The van der Waals surface area contributed by atoms with Gasteiger partial charge in [0, 0.05) is 24.6 Å². The number of nitrogens with two attached hydrogens (primary N) is 1. The van der Waals surface area contributed by atoms with Gasteiger partial charge in [0.05, 0.1) is 49.9 Å². The van der Waals surface area contributed by atoms with Crippen LogP contribution in [0.15, 0.2) is 76.4 Å². The van der Waals surface area contributed by atoms with E-state index < -0.39 is 5.41 Å². The first-order valence-corrected chi connectivity index (χ1v) is 13.3. The number of nitrogens with one attached hydrogen (secondary N) is 1. The van der Waals surface area contributed by atoms with E-state index in [1.807, 2.05) is 24.0 Å². The molecule has 2 aromatic rings. The van der Waals surface area contributed by atoms with Gasteiger partial charge in [-0.2, -0.15) is 10.8 Å². The smallest absolute Gasteiger partial charge is 0.264 e. The standard InChI is InChI=1S/C29H31N7O4/c1-29(17-40-18-29)28(38)35-12-3-4-21(16-35)25-23-15-31-11-13-36(23,30)26(34-25)19-5-7-20(8-6-19)27(37)33-24-10-9-22(39-2)14-32-24/h5-11,13-15,21H,3-4,12,16-18,30H2,1-2H3/p+1. The van der Waals surface area contributed by atoms with Crippen molar-refractivity contribution in [3.05, 3.63) is 77.5 Å². The van der Waals surface area contributed by atoms with E-state index >= 15 is 0 Å². The number of fused-ring (bicyclic) bond motifs is 1. The topological polar surface area (TPSA) is 132 Å². The van der Waals surface area contributed by atoms with Gasteiger partial charge in [-0.25, -0.2) is 4.98 Å². The molecule has 2 saturated heterocycles. The molecule has 0 spiro atoms. The maximum atomic E-state index is 13.2. The lowest BCUT2D eigenvalue weighted by molar-refractivity contribution is -0.750. The van der Waals surface area contributed by atoms with Crippen LogP contribution in [-0.2, 0) is 9.53 Å². The molecular weight excluding hydrogens is 510 g/mol. The van der Waals surface area contributed by atoms with Crippen LogP contribution in [0.5, 0.6) is 5.75 Å². The Hall–Kier alpha value is -4.19. The van der Waals surface area contributed by atoms with E-state index in [2.05, 4.69) is 15.3 Å². The summed E-state index contributed by atoms with van der Waals surface area (Å²) in [6, 6.07) is 10.6. The first-order chi connectivity index (χ1) is 19.3. The Labute approximate surface area is 232 Å². The molecular formula is C29H32N7O4+. The molecule has 11 heteroatoms. The van der Waals surface area contributed by atoms with Crippen LogP contribution in [0.25, 0.3) is 0 Å². The van der Waals surface area contributed by atoms with E-state index in [9.17, 15) is 9.59 Å². The number of likely N-dealkylation sites (tertiary alicyclic amines) is 1. The molecule has 5 heterocycles. The number of quaternary nitrogens is 1. The van der Waals surface area contributed by atoms with E-state index in [0.29, 0.717) is 42.7 Å². The lowest BCUT2D eigenvalue weighted by Crippen LogP contribution is -2.55. The largest absolute Gasteiger partial charge is 0.495 e. The molecule has 2 atom stereocenters. The number of hydrogen-bond acceptors (Lipinski definition) is 8. The Bertz CT molecular complexity index is 1460. The number of carbonyl (C=O) groups excluding carboxylic acids is 2. The molecule has 1 aromatic heterocycles. The summed E-state index contributed by atoms with van der Waals surface area (Å²) in [5, 5.41) is 2.79. The molecule has 4 aliphatic rings. The zero-order chi connectivity index (χ0) is 27.9. The van der Waals surface area contributed by atoms with Gasteiger partial charge in [0.2, 0.25) is 11.6 Å². The Morgan fingerprint density at radius 1 is 1.20 bits per heavy atom. The predicted octanol–water partition coefficient (Wildman–Crippen LogP) is 2.84. The summed E-state index contributed by atoms with van der Waals surface area (Å²) in [7, 11) is 1.56. The molecule has 0 aliphatic carbocycles. The van der Waals surface area contributed by atoms with Crippen LogP contribution in [-0.4, -0.2) is 71.8 Å². The second-order valence-corrected chi connectivity index (χ2v) is 10.8. The summed E-state index contributed by atoms with van der Waals surface area (Å²) < 4.78 is 10.3. The molecule has 0 saturated carbocycles. The maximum Gasteiger partial charge on any atom is 0.264 e. The number of anilines is 1. The molecule has 2 unspecified atom stereocenters. The van der Waals surface area contributed by atoms with Gasteiger partial charge in [0.15, 0.2) is 0 Å². The van der Waals surface area contributed by atoms with Crippen molar-refractivity contribution in [1.29, 1.82) is 0 Å². The number of amidine groups is 1. The third kappa shape index (κ3) is 4.51. The van der Waals surface area contributed by atoms with E-state index in [0.717, 1.165) is 36.3 Å². The molecule has 40 heavy (non-hydrogen) atoms. The SMILES string of the molecule is COc1ccc(NC(=O)c2ccc(C3=NC(C4CCCN(C(=O)C5(C)COC5)C4)=C4C=NC=C[N+]34N)cc2)nc1. The van der Waals surface area contributed by atoms with Crippen molar-refractivity contribution in [2.45, 2.75) is 19.8 Å². The Morgan fingerprint density at radius 2 is 2.00 bits per heavy atom. The molecule has 3 N–H and O–H groups in total. The highest BCUT2D eigenvalue weighted by molar-refractivity contribution is 6.05. The fourth-order valence-corrected chi connectivity index (χ4v) is 5.54. The minimum absolute atomic E-state index is 0.0378. The van der Waals surface area contributed by atoms with Crippen LogP contribution < -0.4 is 15.9 Å². The summed E-state index contributed by atoms with van der Waals surface area (Å²) in [5.74, 6) is 8.50. The van der Waals surface area contributed by atoms with Crippen LogP contribution >= 0.6 is 0 Å². The fourth-order valence-electron chi connectivity index (χ4n) is 5.54. The van der Waals surface area contributed by atoms with Crippen molar-refractivity contribution in [3.63, 3.8) is 0 Å². The Kier molecular flexibility index (Phi) is 6.57. The second-order valence-electron chi connectivity index (χ2n) is 10.8. The molecule has 0 bridgehead atoms. The van der Waals surface area contributed by atoms with E-state index in [1.165, 1.54) is 0 Å². The number of allylic oxidation sites excluding steroid dienone is 1. The number of amides is 2. The van der Waals surface area contributed by atoms with Gasteiger partial charge >= 0.3 is 0 Å². The number of aromatic nitrogens is 1. The molecule has 11 nitrogen and oxygen atoms in total. The van der Waals surface area contributed by atoms with Crippen LogP contribution in [0, 0.1) is 11.3 Å². The normalized spacial score (nSPS) is 24.7. The third-order valence-electron chi connectivity index (χ3n) is 7.89. The van der Waals surface area contributed by atoms with Gasteiger partial charge in [-0.05, 0) is 56.2 Å². The van der Waals surface area contributed by atoms with Crippen molar-refractivity contribution in [1.82, 2.24) is 9.88 Å². The van der Waals surface area contributed by atoms with Crippen LogP contribution in [0.3, 0.4) is 0 Å². The lowest BCUT2D eigenvalue weighted by Gasteiger charge is -2.42. The van der Waals surface area contributed by atoms with Gasteiger partial charge in [-0.1, -0.05) is 0 Å². The summed E-state index contributed by atoms with van der Waals surface area (Å²) in [6.07, 6.45) is 8.57. The molecule has 1 aromatic carbocycles. The zero-order valence-electron chi connectivity index (χ0n) is 22.5. The minimum Gasteiger partial charge on any atom is -0.495 e. The van der Waals surface area contributed by atoms with Gasteiger partial charge in [0.25, 0.3) is 11.7 Å². The number of aliphatic imine (C=N–C) groups is 2. The van der Waals surface area contributed by atoms with Crippen LogP contribution in [0.1, 0.15) is 35.7 Å². The van der Waals surface area contributed by atoms with Gasteiger partial charge < -0.3 is 19.7 Å². The number of rotatable bonds is 6. The number of methoxy groups -OCH3 is 1. The summed E-state index contributed by atoms with van der Waals surface area (Å²) in [6.45, 7) is 4.21. The number of piperidine rings is 1. The van der Waals surface area contributed by atoms with Crippen molar-refractivity contribution in [3.8, 4) is 5.75 Å². The molecule has 6 rings (SSSR count). The van der Waals surface area contributed by atoms with Gasteiger partial charge in [0.1, 0.15) is 23.5 Å². The Balaban J connectivity index is 1.23. The van der Waals surface area contributed by atoms with E-state index in [-0.39, 0.29) is 22.3 Å². The monoisotopic (exact) mass is 542 g/mol. The maximum absolute atomic E-state index is 13.2. The number of ether oxygens (including phenoxy) is 2. The molecule has 4 aliphatic heterocycles. The predicted molar refractivity (Wildman–Crippen MR) is 149 cm³/mol. The summed E-state index contributed by atoms with van der Waals surface area (Å²) in [4.78, 5) is 41.6. The van der Waals surface area contributed by atoms with Crippen molar-refractivity contribution in [2.75, 3.05) is 38.7 Å². The fraction of sp³-hybridized carbons (Fsp3) is 0.345. The minimum atomic E-state index is -0.440. The average molecular weight is 543 g/mol. The van der Waals surface area contributed by atoms with Crippen molar-refractivity contribution >= 4 is 29.7 Å². The number of carbonyl (C=O) groups is 2. The lowest BCUT2D eigenvalue weighted by atomic mass is 9.85. The van der Waals surface area contributed by atoms with Crippen molar-refractivity contribution < 1.29 is 23.7 Å². The molecule has 2 amide bonds. The first-order valence-electron chi connectivity index (χ1n) is 13.3.